The van der Waals surface area contributed by atoms with Gasteiger partial charge >= 0.3 is 11.9 Å². The third kappa shape index (κ3) is 1.79. The van der Waals surface area contributed by atoms with Crippen LogP contribution in [-0.2, 0) is 19.1 Å². The van der Waals surface area contributed by atoms with Gasteiger partial charge in [-0.15, -0.1) is 0 Å². The first-order valence-electron chi connectivity index (χ1n) is 6.43. The SMILES string of the molecule is C[C@H]1C(=O)C[C@H]2C(=O)OC(=O)[C@@H]2[C@H]1c1ccccc1. The minimum atomic E-state index is -0.596. The average Bonchev–Trinajstić information content (AvgIpc) is 2.67. The molecule has 0 aromatic heterocycles. The molecule has 0 spiro atoms. The Labute approximate surface area is 110 Å². The van der Waals surface area contributed by atoms with Crippen molar-refractivity contribution in [2.24, 2.45) is 17.8 Å². The van der Waals surface area contributed by atoms with Gasteiger partial charge in [0.2, 0.25) is 0 Å². The molecule has 19 heavy (non-hydrogen) atoms. The van der Waals surface area contributed by atoms with Crippen molar-refractivity contribution in [3.05, 3.63) is 35.9 Å². The molecule has 4 atom stereocenters. The van der Waals surface area contributed by atoms with Crippen LogP contribution in [-0.4, -0.2) is 17.7 Å². The van der Waals surface area contributed by atoms with Gasteiger partial charge in [-0.25, -0.2) is 0 Å². The molecule has 2 aliphatic rings. The predicted octanol–water partition coefficient (Wildman–Crippen LogP) is 1.69. The van der Waals surface area contributed by atoms with Crippen molar-refractivity contribution >= 4 is 17.7 Å². The van der Waals surface area contributed by atoms with E-state index in [2.05, 4.69) is 0 Å². The monoisotopic (exact) mass is 258 g/mol. The zero-order valence-corrected chi connectivity index (χ0v) is 10.5. The first-order valence-corrected chi connectivity index (χ1v) is 6.43. The van der Waals surface area contributed by atoms with Gasteiger partial charge in [-0.2, -0.15) is 0 Å². The summed E-state index contributed by atoms with van der Waals surface area (Å²) in [5.41, 5.74) is 0.921. The van der Waals surface area contributed by atoms with Crippen LogP contribution in [0.15, 0.2) is 30.3 Å². The predicted molar refractivity (Wildman–Crippen MR) is 66.1 cm³/mol. The normalized spacial score (nSPS) is 34.1. The van der Waals surface area contributed by atoms with E-state index in [1.54, 1.807) is 0 Å². The Morgan fingerprint density at radius 3 is 2.37 bits per heavy atom. The molecule has 0 amide bonds. The fourth-order valence-electron chi connectivity index (χ4n) is 3.25. The Morgan fingerprint density at radius 1 is 1.00 bits per heavy atom. The summed E-state index contributed by atoms with van der Waals surface area (Å²) in [6.07, 6.45) is 0.125. The average molecular weight is 258 g/mol. The molecule has 0 radical (unpaired) electrons. The number of rotatable bonds is 1. The van der Waals surface area contributed by atoms with Gasteiger partial charge in [-0.3, -0.25) is 14.4 Å². The lowest BCUT2D eigenvalue weighted by molar-refractivity contribution is -0.154. The number of fused-ring (bicyclic) bond motifs is 1. The summed E-state index contributed by atoms with van der Waals surface area (Å²) < 4.78 is 4.73. The largest absolute Gasteiger partial charge is 0.393 e. The molecule has 4 nitrogen and oxygen atoms in total. The molecule has 1 heterocycles. The smallest absolute Gasteiger partial charge is 0.318 e. The number of Topliss-reactive ketones (excluding diaryl/α,β-unsaturated/α-hetero) is 1. The van der Waals surface area contributed by atoms with Crippen LogP contribution in [0, 0.1) is 17.8 Å². The molecule has 0 unspecified atom stereocenters. The van der Waals surface area contributed by atoms with Gasteiger partial charge in [0, 0.05) is 18.3 Å². The number of carbonyl (C=O) groups excluding carboxylic acids is 3. The van der Waals surface area contributed by atoms with E-state index in [-0.39, 0.29) is 24.0 Å². The third-order valence-electron chi connectivity index (χ3n) is 4.25. The molecule has 2 fully saturated rings. The van der Waals surface area contributed by atoms with Crippen molar-refractivity contribution in [1.82, 2.24) is 0 Å². The van der Waals surface area contributed by atoms with Gasteiger partial charge < -0.3 is 4.74 Å². The highest BCUT2D eigenvalue weighted by Crippen LogP contribution is 2.47. The number of hydrogen-bond acceptors (Lipinski definition) is 4. The third-order valence-corrected chi connectivity index (χ3v) is 4.25. The van der Waals surface area contributed by atoms with Crippen molar-refractivity contribution < 1.29 is 19.1 Å². The Balaban J connectivity index is 2.06. The van der Waals surface area contributed by atoms with Crippen molar-refractivity contribution in [2.75, 3.05) is 0 Å². The number of ketones is 1. The molecule has 0 N–H and O–H groups in total. The summed E-state index contributed by atoms with van der Waals surface area (Å²) in [4.78, 5) is 35.6. The van der Waals surface area contributed by atoms with E-state index >= 15 is 0 Å². The minimum absolute atomic E-state index is 0.0294. The van der Waals surface area contributed by atoms with Crippen LogP contribution in [0.2, 0.25) is 0 Å². The van der Waals surface area contributed by atoms with Crippen LogP contribution < -0.4 is 0 Å². The molecular formula is C15H14O4. The van der Waals surface area contributed by atoms with Crippen LogP contribution >= 0.6 is 0 Å². The zero-order valence-electron chi connectivity index (χ0n) is 10.5. The summed E-state index contributed by atoms with van der Waals surface area (Å²) in [5.74, 6) is -2.63. The van der Waals surface area contributed by atoms with Crippen LogP contribution in [0.5, 0.6) is 0 Å². The van der Waals surface area contributed by atoms with Gasteiger partial charge in [-0.05, 0) is 5.56 Å². The standard InChI is InChI=1S/C15H14O4/c1-8-11(16)7-10-13(15(18)19-14(10)17)12(8)9-5-3-2-4-6-9/h2-6,8,10,12-13H,7H2,1H3/t8-,10+,12+,13-/m0/s1. The molecule has 0 bridgehead atoms. The van der Waals surface area contributed by atoms with Crippen LogP contribution in [0.1, 0.15) is 24.8 Å². The first kappa shape index (κ1) is 12.1. The van der Waals surface area contributed by atoms with Gasteiger partial charge in [0.25, 0.3) is 0 Å². The minimum Gasteiger partial charge on any atom is -0.393 e. The molecule has 3 rings (SSSR count). The number of cyclic esters (lactones) is 2. The molecule has 1 aliphatic heterocycles. The van der Waals surface area contributed by atoms with Crippen molar-refractivity contribution in [2.45, 2.75) is 19.3 Å². The molecule has 1 saturated carbocycles. The van der Waals surface area contributed by atoms with Crippen molar-refractivity contribution in [3.63, 3.8) is 0 Å². The van der Waals surface area contributed by atoms with E-state index in [0.29, 0.717) is 0 Å². The zero-order chi connectivity index (χ0) is 13.6. The van der Waals surface area contributed by atoms with E-state index in [4.69, 9.17) is 4.74 Å². The summed E-state index contributed by atoms with van der Waals surface area (Å²) in [6.45, 7) is 1.83. The van der Waals surface area contributed by atoms with Gasteiger partial charge in [0.05, 0.1) is 11.8 Å². The highest BCUT2D eigenvalue weighted by atomic mass is 16.6. The molecule has 4 heteroatoms. The van der Waals surface area contributed by atoms with Crippen molar-refractivity contribution in [3.8, 4) is 0 Å². The number of esters is 2. The number of ether oxygens (including phenoxy) is 1. The molecule has 1 aromatic carbocycles. The van der Waals surface area contributed by atoms with Gasteiger partial charge in [0.15, 0.2) is 0 Å². The summed E-state index contributed by atoms with van der Waals surface area (Å²) in [7, 11) is 0. The van der Waals surface area contributed by atoms with E-state index < -0.39 is 23.8 Å². The molecule has 1 aliphatic carbocycles. The summed E-state index contributed by atoms with van der Waals surface area (Å²) in [5, 5.41) is 0. The lowest BCUT2D eigenvalue weighted by atomic mass is 9.65. The fraction of sp³-hybridized carbons (Fsp3) is 0.400. The molecular weight excluding hydrogens is 244 g/mol. The van der Waals surface area contributed by atoms with Crippen LogP contribution in [0.3, 0.4) is 0 Å². The second-order valence-electron chi connectivity index (χ2n) is 5.27. The van der Waals surface area contributed by atoms with E-state index in [1.807, 2.05) is 37.3 Å². The van der Waals surface area contributed by atoms with Crippen LogP contribution in [0.25, 0.3) is 0 Å². The molecule has 1 saturated heterocycles. The Morgan fingerprint density at radius 2 is 1.68 bits per heavy atom. The topological polar surface area (TPSA) is 60.4 Å². The number of benzene rings is 1. The van der Waals surface area contributed by atoms with Gasteiger partial charge in [-0.1, -0.05) is 37.3 Å². The van der Waals surface area contributed by atoms with E-state index in [9.17, 15) is 14.4 Å². The fourth-order valence-corrected chi connectivity index (χ4v) is 3.25. The first-order chi connectivity index (χ1) is 9.09. The van der Waals surface area contributed by atoms with E-state index in [1.165, 1.54) is 0 Å². The Hall–Kier alpha value is -1.97. The second-order valence-corrected chi connectivity index (χ2v) is 5.27. The Kier molecular flexibility index (Phi) is 2.73. The second kappa shape index (κ2) is 4.30. The maximum absolute atomic E-state index is 12.1. The lowest BCUT2D eigenvalue weighted by Gasteiger charge is -2.34. The van der Waals surface area contributed by atoms with Crippen LogP contribution in [0.4, 0.5) is 0 Å². The van der Waals surface area contributed by atoms with E-state index in [0.717, 1.165) is 5.56 Å². The quantitative estimate of drug-likeness (QED) is 0.568. The van der Waals surface area contributed by atoms with Crippen molar-refractivity contribution in [1.29, 1.82) is 0 Å². The Bertz CT molecular complexity index is 549. The molecule has 1 aromatic rings. The maximum atomic E-state index is 12.1. The summed E-state index contributed by atoms with van der Waals surface area (Å²) in [6, 6.07) is 9.42. The lowest BCUT2D eigenvalue weighted by Crippen LogP contribution is -2.39. The molecule has 98 valence electrons. The highest BCUT2D eigenvalue weighted by molar-refractivity contribution is 6.01. The number of carbonyl (C=O) groups is 3. The highest BCUT2D eigenvalue weighted by Gasteiger charge is 2.55. The van der Waals surface area contributed by atoms with Gasteiger partial charge in [0.1, 0.15) is 5.78 Å². The summed E-state index contributed by atoms with van der Waals surface area (Å²) >= 11 is 0. The number of hydrogen-bond donors (Lipinski definition) is 0. The maximum Gasteiger partial charge on any atom is 0.318 e.